The molecule has 12 rings (SSSR count). The van der Waals surface area contributed by atoms with Crippen LogP contribution in [0, 0.1) is 0 Å². The van der Waals surface area contributed by atoms with Crippen LogP contribution in [0.2, 0.25) is 0 Å². The minimum atomic E-state index is -0.115. The van der Waals surface area contributed by atoms with Gasteiger partial charge in [-0.25, -0.2) is 0 Å². The van der Waals surface area contributed by atoms with Crippen LogP contribution in [0.15, 0.2) is 203 Å². The average Bonchev–Trinajstić information content (AvgIpc) is 3.85. The molecular weight excluding hydrogens is 805 g/mol. The summed E-state index contributed by atoms with van der Waals surface area (Å²) in [7, 11) is 0. The first-order chi connectivity index (χ1) is 32.0. The fourth-order valence-electron chi connectivity index (χ4n) is 10.5. The predicted octanol–water partition coefficient (Wildman–Crippen LogP) is 18.5. The summed E-state index contributed by atoms with van der Waals surface area (Å²) in [6, 6.07) is 70.0. The Labute approximate surface area is 384 Å². The van der Waals surface area contributed by atoms with Crippen molar-refractivity contribution in [3.63, 3.8) is 0 Å². The van der Waals surface area contributed by atoms with Crippen LogP contribution < -0.4 is 9.80 Å². The van der Waals surface area contributed by atoms with Crippen LogP contribution in [-0.4, -0.2) is 0 Å². The summed E-state index contributed by atoms with van der Waals surface area (Å²) in [6.07, 6.45) is 0. The van der Waals surface area contributed by atoms with Gasteiger partial charge in [-0.3, -0.25) is 0 Å². The molecule has 12 aromatic rings. The molecule has 0 spiro atoms. The second-order valence-electron chi connectivity index (χ2n) is 19.8. The van der Waals surface area contributed by atoms with Gasteiger partial charge >= 0.3 is 0 Å². The Morgan fingerprint density at radius 3 is 1.08 bits per heavy atom. The molecule has 66 heavy (non-hydrogen) atoms. The number of benzene rings is 10. The molecule has 2 aromatic heterocycles. The summed E-state index contributed by atoms with van der Waals surface area (Å²) in [6.45, 7) is 13.8. The van der Waals surface area contributed by atoms with Gasteiger partial charge in [-0.1, -0.05) is 139 Å². The van der Waals surface area contributed by atoms with E-state index in [2.05, 4.69) is 245 Å². The van der Waals surface area contributed by atoms with Crippen molar-refractivity contribution in [2.24, 2.45) is 0 Å². The van der Waals surface area contributed by atoms with Crippen molar-refractivity contribution < 1.29 is 8.83 Å². The van der Waals surface area contributed by atoms with E-state index in [9.17, 15) is 0 Å². The van der Waals surface area contributed by atoms with Gasteiger partial charge in [0.2, 0.25) is 0 Å². The maximum absolute atomic E-state index is 6.80. The van der Waals surface area contributed by atoms with Crippen LogP contribution in [-0.2, 0) is 10.8 Å². The molecule has 0 bridgehead atoms. The molecule has 0 aliphatic rings. The third kappa shape index (κ3) is 6.50. The van der Waals surface area contributed by atoms with Crippen molar-refractivity contribution in [3.8, 4) is 0 Å². The Morgan fingerprint density at radius 1 is 0.288 bits per heavy atom. The minimum Gasteiger partial charge on any atom is -0.456 e. The average molecular weight is 855 g/mol. The highest BCUT2D eigenvalue weighted by atomic mass is 16.3. The minimum absolute atomic E-state index is 0.115. The van der Waals surface area contributed by atoms with Crippen LogP contribution in [0.4, 0.5) is 34.1 Å². The fraction of sp³-hybridized carbons (Fsp3) is 0.129. The maximum atomic E-state index is 6.80. The van der Waals surface area contributed by atoms with Crippen LogP contribution in [0.5, 0.6) is 0 Å². The van der Waals surface area contributed by atoms with E-state index in [1.54, 1.807) is 0 Å². The largest absolute Gasteiger partial charge is 0.456 e. The highest BCUT2D eigenvalue weighted by Crippen LogP contribution is 2.48. The quantitative estimate of drug-likeness (QED) is 0.167. The van der Waals surface area contributed by atoms with E-state index in [1.807, 2.05) is 0 Å². The molecule has 0 unspecified atom stereocenters. The second kappa shape index (κ2) is 14.9. The van der Waals surface area contributed by atoms with E-state index in [4.69, 9.17) is 8.83 Å². The number of hydrogen-bond acceptors (Lipinski definition) is 4. The number of nitrogens with zero attached hydrogens (tertiary/aromatic N) is 2. The number of fused-ring (bicyclic) bond motifs is 9. The monoisotopic (exact) mass is 854 g/mol. The lowest BCUT2D eigenvalue weighted by atomic mass is 9.82. The molecule has 0 amide bonds. The van der Waals surface area contributed by atoms with Crippen molar-refractivity contribution in [1.82, 2.24) is 0 Å². The number of hydrogen-bond donors (Lipinski definition) is 0. The van der Waals surface area contributed by atoms with Crippen LogP contribution in [0.25, 0.3) is 76.2 Å². The summed E-state index contributed by atoms with van der Waals surface area (Å²) in [5, 5.41) is 11.6. The molecule has 0 radical (unpaired) electrons. The van der Waals surface area contributed by atoms with Gasteiger partial charge in [0.1, 0.15) is 22.3 Å². The van der Waals surface area contributed by atoms with E-state index in [0.29, 0.717) is 0 Å². The predicted molar refractivity (Wildman–Crippen MR) is 280 cm³/mol. The van der Waals surface area contributed by atoms with Gasteiger partial charge in [-0.05, 0) is 139 Å². The Morgan fingerprint density at radius 2 is 0.667 bits per heavy atom. The van der Waals surface area contributed by atoms with Gasteiger partial charge in [0.15, 0.2) is 0 Å². The van der Waals surface area contributed by atoms with Gasteiger partial charge in [0.25, 0.3) is 0 Å². The Hall–Kier alpha value is -7.82. The zero-order chi connectivity index (χ0) is 44.9. The zero-order valence-corrected chi connectivity index (χ0v) is 38.2. The number of para-hydroxylation sites is 2. The van der Waals surface area contributed by atoms with E-state index in [0.717, 1.165) is 88.8 Å². The van der Waals surface area contributed by atoms with Gasteiger partial charge in [0, 0.05) is 56.4 Å². The summed E-state index contributed by atoms with van der Waals surface area (Å²) < 4.78 is 13.6. The first kappa shape index (κ1) is 39.7. The summed E-state index contributed by atoms with van der Waals surface area (Å²) in [4.78, 5) is 4.76. The summed E-state index contributed by atoms with van der Waals surface area (Å²) in [5.41, 5.74) is 12.4. The maximum Gasteiger partial charge on any atom is 0.137 e. The molecule has 0 N–H and O–H groups in total. The Balaban J connectivity index is 0.976. The smallest absolute Gasteiger partial charge is 0.137 e. The van der Waals surface area contributed by atoms with Crippen LogP contribution >= 0.6 is 0 Å². The number of rotatable bonds is 6. The van der Waals surface area contributed by atoms with Crippen molar-refractivity contribution >= 4 is 110 Å². The molecule has 10 aromatic carbocycles. The standard InChI is InChI=1S/C62H50N2O2/c1-61(2,3)59-47-23-15-13-17-39(47)25-31-53(59)63(43-19-9-7-10-20-43)45-27-29-49-51-33-41-36-56-52(34-42(41)35-55(51)65-57(49)37-45)50-30-28-46(38-58(50)66-56)64(44-21-11-8-12-22-44)54-32-26-40-18-14-16-24-48(40)60(54)62(4,5)6/h7-38H,1-6H3. The third-order valence-electron chi connectivity index (χ3n) is 13.3. The molecule has 320 valence electrons. The topological polar surface area (TPSA) is 32.8 Å². The third-order valence-corrected chi connectivity index (χ3v) is 13.3. The molecule has 0 atom stereocenters. The van der Waals surface area contributed by atoms with Gasteiger partial charge in [-0.2, -0.15) is 0 Å². The molecule has 4 nitrogen and oxygen atoms in total. The first-order valence-corrected chi connectivity index (χ1v) is 23.0. The molecule has 4 heteroatoms. The highest BCUT2D eigenvalue weighted by Gasteiger charge is 2.28. The van der Waals surface area contributed by atoms with Crippen molar-refractivity contribution in [2.45, 2.75) is 52.4 Å². The highest BCUT2D eigenvalue weighted by molar-refractivity contribution is 6.16. The number of anilines is 6. The molecule has 2 heterocycles. The van der Waals surface area contributed by atoms with Gasteiger partial charge in [0.05, 0.1) is 11.4 Å². The van der Waals surface area contributed by atoms with Crippen LogP contribution in [0.3, 0.4) is 0 Å². The molecule has 0 aliphatic heterocycles. The van der Waals surface area contributed by atoms with E-state index < -0.39 is 0 Å². The number of furan rings is 2. The summed E-state index contributed by atoms with van der Waals surface area (Å²) >= 11 is 0. The summed E-state index contributed by atoms with van der Waals surface area (Å²) in [5.74, 6) is 0. The zero-order valence-electron chi connectivity index (χ0n) is 38.2. The lowest BCUT2D eigenvalue weighted by Gasteiger charge is -2.33. The SMILES string of the molecule is CC(C)(C)c1c(N(c2ccccc2)c2ccc3c(c2)oc2cc4cc5c(cc4cc23)oc2cc(N(c3ccccc3)c3ccc4ccccc4c3C(C)(C)C)ccc25)ccc2ccccc12. The normalized spacial score (nSPS) is 12.4. The second-order valence-corrected chi connectivity index (χ2v) is 19.8. The van der Waals surface area contributed by atoms with Crippen molar-refractivity contribution in [3.05, 3.63) is 205 Å². The van der Waals surface area contributed by atoms with Crippen molar-refractivity contribution in [1.29, 1.82) is 0 Å². The molecule has 0 aliphatic carbocycles. The molecule has 0 saturated heterocycles. The van der Waals surface area contributed by atoms with E-state index >= 15 is 0 Å². The van der Waals surface area contributed by atoms with E-state index in [1.165, 1.54) is 32.7 Å². The Bertz CT molecular complexity index is 3590. The molecule has 0 saturated carbocycles. The lowest BCUT2D eigenvalue weighted by molar-refractivity contribution is 0.596. The lowest BCUT2D eigenvalue weighted by Crippen LogP contribution is -2.19. The Kier molecular flexibility index (Phi) is 8.95. The fourth-order valence-corrected chi connectivity index (χ4v) is 10.5. The molecule has 0 fully saturated rings. The molecular formula is C62H50N2O2. The van der Waals surface area contributed by atoms with Crippen molar-refractivity contribution in [2.75, 3.05) is 9.80 Å². The first-order valence-electron chi connectivity index (χ1n) is 23.0. The van der Waals surface area contributed by atoms with Crippen LogP contribution in [0.1, 0.15) is 52.7 Å². The van der Waals surface area contributed by atoms with Gasteiger partial charge in [-0.15, -0.1) is 0 Å². The van der Waals surface area contributed by atoms with E-state index in [-0.39, 0.29) is 10.8 Å². The van der Waals surface area contributed by atoms with Gasteiger partial charge < -0.3 is 18.6 Å².